The molecular formula is C15H13N3O3. The number of nitrogens with zero attached hydrogens (tertiary/aromatic N) is 2. The third kappa shape index (κ3) is 3.55. The van der Waals surface area contributed by atoms with Gasteiger partial charge < -0.3 is 10.4 Å². The summed E-state index contributed by atoms with van der Waals surface area (Å²) >= 11 is 0. The van der Waals surface area contributed by atoms with Crippen molar-refractivity contribution in [2.45, 2.75) is 13.2 Å². The van der Waals surface area contributed by atoms with Crippen LogP contribution in [0.25, 0.3) is 0 Å². The molecule has 106 valence electrons. The summed E-state index contributed by atoms with van der Waals surface area (Å²) < 4.78 is 0. The van der Waals surface area contributed by atoms with Crippen LogP contribution >= 0.6 is 0 Å². The SMILES string of the molecule is N#Cc1cc([N+](=O)[O-])ccc1NCc1cccc(CO)c1. The van der Waals surface area contributed by atoms with Crippen LogP contribution in [0.15, 0.2) is 42.5 Å². The van der Waals surface area contributed by atoms with E-state index < -0.39 is 4.92 Å². The lowest BCUT2D eigenvalue weighted by molar-refractivity contribution is -0.384. The molecule has 0 radical (unpaired) electrons. The molecule has 2 rings (SSSR count). The minimum atomic E-state index is -0.532. The van der Waals surface area contributed by atoms with E-state index in [-0.39, 0.29) is 17.9 Å². The highest BCUT2D eigenvalue weighted by Gasteiger charge is 2.10. The minimum absolute atomic E-state index is 0.0329. The average molecular weight is 283 g/mol. The Labute approximate surface area is 121 Å². The number of non-ortho nitro benzene ring substituents is 1. The van der Waals surface area contributed by atoms with Crippen molar-refractivity contribution in [2.75, 3.05) is 5.32 Å². The Balaban J connectivity index is 2.16. The van der Waals surface area contributed by atoms with E-state index in [9.17, 15) is 10.1 Å². The van der Waals surface area contributed by atoms with Gasteiger partial charge in [0.25, 0.3) is 5.69 Å². The van der Waals surface area contributed by atoms with Crippen LogP contribution in [0.3, 0.4) is 0 Å². The van der Waals surface area contributed by atoms with Gasteiger partial charge in [-0.2, -0.15) is 5.26 Å². The number of nitro groups is 1. The molecule has 2 N–H and O–H groups in total. The predicted molar refractivity (Wildman–Crippen MR) is 77.5 cm³/mol. The van der Waals surface area contributed by atoms with Crippen LogP contribution < -0.4 is 5.32 Å². The normalized spacial score (nSPS) is 9.90. The lowest BCUT2D eigenvalue weighted by atomic mass is 10.1. The van der Waals surface area contributed by atoms with Gasteiger partial charge in [-0.15, -0.1) is 0 Å². The molecule has 0 aliphatic rings. The van der Waals surface area contributed by atoms with Crippen molar-refractivity contribution in [3.63, 3.8) is 0 Å². The smallest absolute Gasteiger partial charge is 0.270 e. The summed E-state index contributed by atoms with van der Waals surface area (Å²) in [6, 6.07) is 13.5. The quantitative estimate of drug-likeness (QED) is 0.649. The Morgan fingerprint density at radius 1 is 1.24 bits per heavy atom. The minimum Gasteiger partial charge on any atom is -0.392 e. The van der Waals surface area contributed by atoms with Crippen LogP contribution in [0.2, 0.25) is 0 Å². The topological polar surface area (TPSA) is 99.2 Å². The molecule has 0 atom stereocenters. The molecule has 0 aromatic heterocycles. The van der Waals surface area contributed by atoms with E-state index in [2.05, 4.69) is 5.32 Å². The first kappa shape index (κ1) is 14.5. The van der Waals surface area contributed by atoms with Gasteiger partial charge in [0, 0.05) is 18.7 Å². The van der Waals surface area contributed by atoms with Gasteiger partial charge >= 0.3 is 0 Å². The van der Waals surface area contributed by atoms with Crippen molar-refractivity contribution in [3.8, 4) is 6.07 Å². The second kappa shape index (κ2) is 6.50. The van der Waals surface area contributed by atoms with Crippen molar-refractivity contribution in [1.82, 2.24) is 0 Å². The highest BCUT2D eigenvalue weighted by atomic mass is 16.6. The number of benzene rings is 2. The van der Waals surface area contributed by atoms with Gasteiger partial charge in [0.15, 0.2) is 0 Å². The van der Waals surface area contributed by atoms with Crippen LogP contribution in [-0.2, 0) is 13.2 Å². The van der Waals surface area contributed by atoms with E-state index in [1.807, 2.05) is 30.3 Å². The Kier molecular flexibility index (Phi) is 4.49. The monoisotopic (exact) mass is 283 g/mol. The van der Waals surface area contributed by atoms with Crippen molar-refractivity contribution in [3.05, 3.63) is 69.3 Å². The fraction of sp³-hybridized carbons (Fsp3) is 0.133. The molecule has 0 saturated heterocycles. The van der Waals surface area contributed by atoms with E-state index in [4.69, 9.17) is 10.4 Å². The van der Waals surface area contributed by atoms with Crippen molar-refractivity contribution in [1.29, 1.82) is 5.26 Å². The van der Waals surface area contributed by atoms with Gasteiger partial charge in [0.1, 0.15) is 6.07 Å². The second-order valence-corrected chi connectivity index (χ2v) is 4.43. The second-order valence-electron chi connectivity index (χ2n) is 4.43. The van der Waals surface area contributed by atoms with Gasteiger partial charge in [-0.3, -0.25) is 10.1 Å². The summed E-state index contributed by atoms with van der Waals surface area (Å²) in [7, 11) is 0. The molecule has 6 nitrogen and oxygen atoms in total. The van der Waals surface area contributed by atoms with Crippen molar-refractivity contribution < 1.29 is 10.0 Å². The van der Waals surface area contributed by atoms with E-state index >= 15 is 0 Å². The summed E-state index contributed by atoms with van der Waals surface area (Å²) in [6.45, 7) is 0.426. The maximum absolute atomic E-state index is 10.7. The predicted octanol–water partition coefficient (Wildman–Crippen LogP) is 2.57. The van der Waals surface area contributed by atoms with Crippen LogP contribution in [0.4, 0.5) is 11.4 Å². The fourth-order valence-electron chi connectivity index (χ4n) is 1.93. The summed E-state index contributed by atoms with van der Waals surface area (Å²) in [5, 5.41) is 31.9. The molecule has 0 fully saturated rings. The number of aliphatic hydroxyl groups excluding tert-OH is 1. The number of nitrogens with one attached hydrogen (secondary N) is 1. The number of nitro benzene ring substituents is 1. The number of nitriles is 1. The Hall–Kier alpha value is -2.91. The van der Waals surface area contributed by atoms with Crippen molar-refractivity contribution >= 4 is 11.4 Å². The fourth-order valence-corrected chi connectivity index (χ4v) is 1.93. The maximum atomic E-state index is 10.7. The van der Waals surface area contributed by atoms with E-state index in [0.29, 0.717) is 12.2 Å². The molecule has 6 heteroatoms. The summed E-state index contributed by atoms with van der Waals surface area (Å²) in [5.41, 5.74) is 2.40. The number of hydrogen-bond acceptors (Lipinski definition) is 5. The third-order valence-corrected chi connectivity index (χ3v) is 2.99. The van der Waals surface area contributed by atoms with Gasteiger partial charge in [-0.25, -0.2) is 0 Å². The van der Waals surface area contributed by atoms with Crippen molar-refractivity contribution in [2.24, 2.45) is 0 Å². The summed E-state index contributed by atoms with van der Waals surface area (Å²) in [5.74, 6) is 0. The Morgan fingerprint density at radius 2 is 2.00 bits per heavy atom. The van der Waals surface area contributed by atoms with Gasteiger partial charge in [-0.05, 0) is 17.2 Å². The Bertz CT molecular complexity index is 708. The average Bonchev–Trinajstić information content (AvgIpc) is 2.52. The zero-order valence-electron chi connectivity index (χ0n) is 11.1. The maximum Gasteiger partial charge on any atom is 0.270 e. The van der Waals surface area contributed by atoms with E-state index in [1.54, 1.807) is 0 Å². The molecule has 0 amide bonds. The molecule has 0 saturated carbocycles. The van der Waals surface area contributed by atoms with Gasteiger partial charge in [0.05, 0.1) is 22.8 Å². The highest BCUT2D eigenvalue weighted by molar-refractivity contribution is 5.61. The van der Waals surface area contributed by atoms with Crippen LogP contribution in [0, 0.1) is 21.4 Å². The van der Waals surface area contributed by atoms with Gasteiger partial charge in [-0.1, -0.05) is 24.3 Å². The zero-order chi connectivity index (χ0) is 15.2. The first-order valence-electron chi connectivity index (χ1n) is 6.25. The largest absolute Gasteiger partial charge is 0.392 e. The van der Waals surface area contributed by atoms with Crippen LogP contribution in [-0.4, -0.2) is 10.0 Å². The number of aliphatic hydroxyl groups is 1. The molecule has 0 aliphatic heterocycles. The number of anilines is 1. The van der Waals surface area contributed by atoms with E-state index in [1.165, 1.54) is 18.2 Å². The van der Waals surface area contributed by atoms with Crippen LogP contribution in [0.1, 0.15) is 16.7 Å². The zero-order valence-corrected chi connectivity index (χ0v) is 11.1. The third-order valence-electron chi connectivity index (χ3n) is 2.99. The lowest BCUT2D eigenvalue weighted by Gasteiger charge is -2.09. The molecule has 2 aromatic rings. The Morgan fingerprint density at radius 3 is 2.67 bits per heavy atom. The molecular weight excluding hydrogens is 270 g/mol. The van der Waals surface area contributed by atoms with E-state index in [0.717, 1.165) is 11.1 Å². The molecule has 0 aliphatic carbocycles. The number of rotatable bonds is 5. The molecule has 0 spiro atoms. The highest BCUT2D eigenvalue weighted by Crippen LogP contribution is 2.22. The lowest BCUT2D eigenvalue weighted by Crippen LogP contribution is -2.02. The molecule has 2 aromatic carbocycles. The molecule has 0 unspecified atom stereocenters. The number of hydrogen-bond donors (Lipinski definition) is 2. The molecule has 0 bridgehead atoms. The van der Waals surface area contributed by atoms with Crippen LogP contribution in [0.5, 0.6) is 0 Å². The van der Waals surface area contributed by atoms with Gasteiger partial charge in [0.2, 0.25) is 0 Å². The molecule has 21 heavy (non-hydrogen) atoms. The molecule has 0 heterocycles. The summed E-state index contributed by atoms with van der Waals surface area (Å²) in [6.07, 6.45) is 0. The standard InChI is InChI=1S/C15H13N3O3/c16-8-13-7-14(18(20)21)4-5-15(13)17-9-11-2-1-3-12(6-11)10-19/h1-7,17,19H,9-10H2. The summed E-state index contributed by atoms with van der Waals surface area (Å²) in [4.78, 5) is 10.1. The first-order chi connectivity index (χ1) is 10.1. The first-order valence-corrected chi connectivity index (χ1v) is 6.25.